The zero-order valence-corrected chi connectivity index (χ0v) is 18.9. The SMILES string of the molecule is CN=C(NCCN1CCN(C(=O)C2CCCC2)CC1)NC1CCN(C2CCCC2)C1. The molecule has 0 radical (unpaired) electrons. The molecule has 7 nitrogen and oxygen atoms in total. The lowest BCUT2D eigenvalue weighted by molar-refractivity contribution is -0.137. The minimum absolute atomic E-state index is 0.313. The fraction of sp³-hybridized carbons (Fsp3) is 0.913. The molecule has 0 spiro atoms. The Morgan fingerprint density at radius 2 is 1.63 bits per heavy atom. The number of hydrogen-bond acceptors (Lipinski definition) is 4. The summed E-state index contributed by atoms with van der Waals surface area (Å²) in [7, 11) is 1.87. The van der Waals surface area contributed by atoms with Crippen molar-refractivity contribution in [3.05, 3.63) is 0 Å². The Morgan fingerprint density at radius 3 is 2.33 bits per heavy atom. The van der Waals surface area contributed by atoms with Gasteiger partial charge in [0.1, 0.15) is 0 Å². The van der Waals surface area contributed by atoms with Gasteiger partial charge in [0, 0.05) is 77.4 Å². The molecule has 0 aromatic heterocycles. The van der Waals surface area contributed by atoms with Crippen molar-refractivity contribution in [3.8, 4) is 0 Å². The molecule has 2 aliphatic heterocycles. The van der Waals surface area contributed by atoms with Gasteiger partial charge in [0.25, 0.3) is 0 Å². The van der Waals surface area contributed by atoms with Crippen molar-refractivity contribution in [1.29, 1.82) is 0 Å². The molecule has 7 heteroatoms. The molecule has 30 heavy (non-hydrogen) atoms. The van der Waals surface area contributed by atoms with Crippen LogP contribution in [0.2, 0.25) is 0 Å². The monoisotopic (exact) mass is 418 g/mol. The first-order valence-corrected chi connectivity index (χ1v) is 12.5. The van der Waals surface area contributed by atoms with Crippen molar-refractivity contribution >= 4 is 11.9 Å². The number of carbonyl (C=O) groups excluding carboxylic acids is 1. The third-order valence-corrected chi connectivity index (χ3v) is 7.73. The van der Waals surface area contributed by atoms with Crippen LogP contribution in [0.3, 0.4) is 0 Å². The second-order valence-electron chi connectivity index (χ2n) is 9.71. The summed E-state index contributed by atoms with van der Waals surface area (Å²) in [4.78, 5) is 24.3. The highest BCUT2D eigenvalue weighted by atomic mass is 16.2. The van der Waals surface area contributed by atoms with Crippen LogP contribution in [-0.2, 0) is 4.79 Å². The highest BCUT2D eigenvalue weighted by Gasteiger charge is 2.31. The number of likely N-dealkylation sites (tertiary alicyclic amines) is 1. The van der Waals surface area contributed by atoms with Crippen molar-refractivity contribution in [2.75, 3.05) is 59.4 Å². The molecule has 0 aromatic carbocycles. The number of carbonyl (C=O) groups is 1. The number of amides is 1. The normalized spacial score (nSPS) is 27.8. The summed E-state index contributed by atoms with van der Waals surface area (Å²) < 4.78 is 0. The molecule has 4 aliphatic rings. The van der Waals surface area contributed by atoms with E-state index in [9.17, 15) is 4.79 Å². The quantitative estimate of drug-likeness (QED) is 0.506. The van der Waals surface area contributed by atoms with Gasteiger partial charge < -0.3 is 15.5 Å². The highest BCUT2D eigenvalue weighted by Crippen LogP contribution is 2.27. The molecule has 0 bridgehead atoms. The van der Waals surface area contributed by atoms with Gasteiger partial charge >= 0.3 is 0 Å². The Morgan fingerprint density at radius 1 is 0.933 bits per heavy atom. The molecule has 2 saturated heterocycles. The largest absolute Gasteiger partial charge is 0.355 e. The second kappa shape index (κ2) is 10.8. The van der Waals surface area contributed by atoms with Gasteiger partial charge in [0.2, 0.25) is 5.91 Å². The third-order valence-electron chi connectivity index (χ3n) is 7.73. The minimum Gasteiger partial charge on any atom is -0.355 e. The number of hydrogen-bond donors (Lipinski definition) is 2. The smallest absolute Gasteiger partial charge is 0.225 e. The first kappa shape index (κ1) is 21.9. The van der Waals surface area contributed by atoms with Crippen molar-refractivity contribution in [2.24, 2.45) is 10.9 Å². The van der Waals surface area contributed by atoms with Gasteiger partial charge in [-0.3, -0.25) is 19.6 Å². The zero-order valence-electron chi connectivity index (χ0n) is 18.9. The number of nitrogens with one attached hydrogen (secondary N) is 2. The van der Waals surface area contributed by atoms with E-state index in [1.807, 2.05) is 7.05 Å². The van der Waals surface area contributed by atoms with E-state index < -0.39 is 0 Å². The molecule has 2 heterocycles. The molecular weight excluding hydrogens is 376 g/mol. The Balaban J connectivity index is 1.11. The fourth-order valence-corrected chi connectivity index (χ4v) is 5.85. The molecule has 4 fully saturated rings. The van der Waals surface area contributed by atoms with Crippen molar-refractivity contribution in [1.82, 2.24) is 25.3 Å². The van der Waals surface area contributed by atoms with E-state index in [0.29, 0.717) is 17.9 Å². The summed E-state index contributed by atoms with van der Waals surface area (Å²) >= 11 is 0. The van der Waals surface area contributed by atoms with E-state index in [2.05, 4.69) is 30.3 Å². The molecule has 2 saturated carbocycles. The van der Waals surface area contributed by atoms with Gasteiger partial charge in [-0.2, -0.15) is 0 Å². The van der Waals surface area contributed by atoms with Crippen LogP contribution in [-0.4, -0.2) is 98.1 Å². The zero-order chi connectivity index (χ0) is 20.8. The highest BCUT2D eigenvalue weighted by molar-refractivity contribution is 5.80. The maximum Gasteiger partial charge on any atom is 0.225 e. The third kappa shape index (κ3) is 5.67. The molecule has 1 amide bonds. The van der Waals surface area contributed by atoms with E-state index in [1.54, 1.807) is 0 Å². The first-order chi connectivity index (χ1) is 14.7. The van der Waals surface area contributed by atoms with Crippen LogP contribution in [0.15, 0.2) is 4.99 Å². The average molecular weight is 419 g/mol. The number of piperazine rings is 1. The summed E-state index contributed by atoms with van der Waals surface area (Å²) in [5.74, 6) is 1.66. The lowest BCUT2D eigenvalue weighted by Crippen LogP contribution is -2.52. The van der Waals surface area contributed by atoms with E-state index in [0.717, 1.165) is 70.7 Å². The van der Waals surface area contributed by atoms with Gasteiger partial charge in [-0.15, -0.1) is 0 Å². The average Bonchev–Trinajstić information content (AvgIpc) is 3.55. The maximum atomic E-state index is 12.6. The lowest BCUT2D eigenvalue weighted by Gasteiger charge is -2.36. The second-order valence-corrected chi connectivity index (χ2v) is 9.71. The van der Waals surface area contributed by atoms with Gasteiger partial charge in [0.15, 0.2) is 5.96 Å². The summed E-state index contributed by atoms with van der Waals surface area (Å²) in [5, 5.41) is 7.14. The Labute approximate surface area is 182 Å². The van der Waals surface area contributed by atoms with Gasteiger partial charge in [-0.05, 0) is 32.1 Å². The maximum absolute atomic E-state index is 12.6. The van der Waals surface area contributed by atoms with Gasteiger partial charge in [0.05, 0.1) is 0 Å². The standard InChI is InChI=1S/C23H42N6O/c1-24-23(26-20-10-12-29(18-20)21-8-4-5-9-21)25-11-13-27-14-16-28(17-15-27)22(30)19-6-2-3-7-19/h19-21H,2-18H2,1H3,(H2,24,25,26). The van der Waals surface area contributed by atoms with E-state index in [4.69, 9.17) is 0 Å². The van der Waals surface area contributed by atoms with E-state index >= 15 is 0 Å². The molecule has 170 valence electrons. The molecular formula is C23H42N6O. The van der Waals surface area contributed by atoms with Crippen LogP contribution < -0.4 is 10.6 Å². The van der Waals surface area contributed by atoms with Crippen molar-refractivity contribution < 1.29 is 4.79 Å². The molecule has 4 rings (SSSR count). The molecule has 1 unspecified atom stereocenters. The Kier molecular flexibility index (Phi) is 7.88. The summed E-state index contributed by atoms with van der Waals surface area (Å²) in [6.45, 7) is 8.05. The van der Waals surface area contributed by atoms with Crippen molar-refractivity contribution in [3.63, 3.8) is 0 Å². The molecule has 2 aliphatic carbocycles. The minimum atomic E-state index is 0.313. The van der Waals surface area contributed by atoms with Crippen LogP contribution >= 0.6 is 0 Å². The lowest BCUT2D eigenvalue weighted by atomic mass is 10.1. The van der Waals surface area contributed by atoms with Crippen molar-refractivity contribution in [2.45, 2.75) is 69.9 Å². The number of aliphatic imine (C=N–C) groups is 1. The van der Waals surface area contributed by atoms with E-state index in [-0.39, 0.29) is 0 Å². The van der Waals surface area contributed by atoms with Crippen LogP contribution in [0.25, 0.3) is 0 Å². The van der Waals surface area contributed by atoms with Gasteiger partial charge in [-0.1, -0.05) is 25.7 Å². The summed E-state index contributed by atoms with van der Waals surface area (Å²) in [6, 6.07) is 1.34. The molecule has 1 atom stereocenters. The fourth-order valence-electron chi connectivity index (χ4n) is 5.85. The predicted molar refractivity (Wildman–Crippen MR) is 122 cm³/mol. The van der Waals surface area contributed by atoms with Crippen LogP contribution in [0, 0.1) is 5.92 Å². The summed E-state index contributed by atoms with van der Waals surface area (Å²) in [6.07, 6.45) is 11.5. The van der Waals surface area contributed by atoms with Gasteiger partial charge in [-0.25, -0.2) is 0 Å². The number of guanidine groups is 1. The Bertz CT molecular complexity index is 576. The molecule has 2 N–H and O–H groups in total. The van der Waals surface area contributed by atoms with E-state index in [1.165, 1.54) is 51.5 Å². The number of nitrogens with zero attached hydrogens (tertiary/aromatic N) is 4. The first-order valence-electron chi connectivity index (χ1n) is 12.5. The number of rotatable bonds is 6. The predicted octanol–water partition coefficient (Wildman–Crippen LogP) is 1.50. The van der Waals surface area contributed by atoms with Crippen LogP contribution in [0.1, 0.15) is 57.8 Å². The molecule has 0 aromatic rings. The topological polar surface area (TPSA) is 63.2 Å². The Hall–Kier alpha value is -1.34. The summed E-state index contributed by atoms with van der Waals surface area (Å²) in [5.41, 5.74) is 0. The van der Waals surface area contributed by atoms with Crippen LogP contribution in [0.4, 0.5) is 0 Å². The van der Waals surface area contributed by atoms with Crippen LogP contribution in [0.5, 0.6) is 0 Å².